The minimum Gasteiger partial charge on any atom is -0.389 e. The maximum atomic E-state index is 11.5. The van der Waals surface area contributed by atoms with Crippen LogP contribution < -0.4 is 5.73 Å². The van der Waals surface area contributed by atoms with Crippen LogP contribution in [0.25, 0.3) is 0 Å². The highest BCUT2D eigenvalue weighted by Gasteiger charge is 2.51. The molecule has 1 atom stereocenters. The predicted octanol–water partition coefficient (Wildman–Crippen LogP) is 3.16. The van der Waals surface area contributed by atoms with Crippen LogP contribution in [0.4, 0.5) is 0 Å². The number of likely N-dealkylation sites (tertiary alicyclic amines) is 1. The van der Waals surface area contributed by atoms with Crippen molar-refractivity contribution in [2.24, 2.45) is 16.6 Å². The Hall–Kier alpha value is -0.120. The van der Waals surface area contributed by atoms with Crippen molar-refractivity contribution in [3.8, 4) is 0 Å². The molecule has 1 unspecified atom stereocenters. The summed E-state index contributed by atoms with van der Waals surface area (Å²) in [5.41, 5.74) is 6.04. The van der Waals surface area contributed by atoms with E-state index < -0.39 is 5.60 Å². The highest BCUT2D eigenvalue weighted by molar-refractivity contribution is 5.04. The van der Waals surface area contributed by atoms with E-state index in [0.29, 0.717) is 18.0 Å². The topological polar surface area (TPSA) is 49.5 Å². The van der Waals surface area contributed by atoms with Crippen LogP contribution in [0.2, 0.25) is 0 Å². The van der Waals surface area contributed by atoms with Crippen molar-refractivity contribution in [3.63, 3.8) is 0 Å². The van der Waals surface area contributed by atoms with Gasteiger partial charge in [-0.2, -0.15) is 0 Å². The molecule has 0 spiro atoms. The fourth-order valence-corrected chi connectivity index (χ4v) is 4.45. The van der Waals surface area contributed by atoms with Gasteiger partial charge in [-0.25, -0.2) is 0 Å². The van der Waals surface area contributed by atoms with Crippen molar-refractivity contribution in [3.05, 3.63) is 0 Å². The lowest BCUT2D eigenvalue weighted by Crippen LogP contribution is -2.55. The highest BCUT2D eigenvalue weighted by atomic mass is 16.3. The third kappa shape index (κ3) is 3.46. The highest BCUT2D eigenvalue weighted by Crippen LogP contribution is 2.53. The van der Waals surface area contributed by atoms with Crippen LogP contribution in [-0.4, -0.2) is 41.3 Å². The summed E-state index contributed by atoms with van der Waals surface area (Å²) in [6.07, 6.45) is 7.49. The molecule has 0 amide bonds. The molecule has 2 rings (SSSR count). The Kier molecular flexibility index (Phi) is 5.07. The third-order valence-electron chi connectivity index (χ3n) is 6.52. The second-order valence-corrected chi connectivity index (χ2v) is 8.66. The molecule has 1 saturated heterocycles. The summed E-state index contributed by atoms with van der Waals surface area (Å²) >= 11 is 0. The van der Waals surface area contributed by atoms with Gasteiger partial charge in [-0.15, -0.1) is 0 Å². The zero-order valence-corrected chi connectivity index (χ0v) is 14.6. The summed E-state index contributed by atoms with van der Waals surface area (Å²) in [6.45, 7) is 12.0. The van der Waals surface area contributed by atoms with Gasteiger partial charge in [0.15, 0.2) is 0 Å². The van der Waals surface area contributed by atoms with Gasteiger partial charge >= 0.3 is 0 Å². The van der Waals surface area contributed by atoms with Crippen LogP contribution in [0.1, 0.15) is 72.6 Å². The van der Waals surface area contributed by atoms with Crippen LogP contribution in [-0.2, 0) is 0 Å². The van der Waals surface area contributed by atoms with Crippen molar-refractivity contribution in [2.75, 3.05) is 19.6 Å². The summed E-state index contributed by atoms with van der Waals surface area (Å²) in [6, 6.07) is 0.575. The normalized spacial score (nSPS) is 33.9. The van der Waals surface area contributed by atoms with Gasteiger partial charge in [0.05, 0.1) is 5.60 Å². The summed E-state index contributed by atoms with van der Waals surface area (Å²) in [5, 5.41) is 11.5. The molecule has 0 aromatic carbocycles. The van der Waals surface area contributed by atoms with Crippen molar-refractivity contribution < 1.29 is 5.11 Å². The van der Waals surface area contributed by atoms with Gasteiger partial charge in [-0.05, 0) is 70.8 Å². The molecule has 3 heteroatoms. The van der Waals surface area contributed by atoms with E-state index in [9.17, 15) is 5.11 Å². The minimum atomic E-state index is -0.554. The van der Waals surface area contributed by atoms with E-state index in [1.165, 1.54) is 12.8 Å². The van der Waals surface area contributed by atoms with E-state index in [-0.39, 0.29) is 5.41 Å². The molecule has 3 nitrogen and oxygen atoms in total. The first-order valence-electron chi connectivity index (χ1n) is 8.90. The molecule has 3 N–H and O–H groups in total. The maximum Gasteiger partial charge on any atom is 0.0728 e. The average Bonchev–Trinajstić information content (AvgIpc) is 2.62. The number of aliphatic hydroxyl groups is 1. The van der Waals surface area contributed by atoms with Crippen LogP contribution >= 0.6 is 0 Å². The lowest BCUT2D eigenvalue weighted by molar-refractivity contribution is -0.120. The molecule has 1 heterocycles. The number of hydrogen-bond acceptors (Lipinski definition) is 3. The molecule has 0 aromatic heterocycles. The molecular weight excluding hydrogens is 260 g/mol. The van der Waals surface area contributed by atoms with Gasteiger partial charge in [0.2, 0.25) is 0 Å². The molecule has 2 fully saturated rings. The first-order chi connectivity index (χ1) is 9.74. The molecule has 1 aliphatic carbocycles. The largest absolute Gasteiger partial charge is 0.389 e. The molecule has 0 radical (unpaired) electrons. The molecular formula is C18H36N2O. The lowest BCUT2D eigenvalue weighted by atomic mass is 9.56. The second-order valence-electron chi connectivity index (χ2n) is 8.66. The SMILES string of the molecule is CC(C)N1CCCC(O)(C2(CN)CCC(C)(C)CC2)CC1. The lowest BCUT2D eigenvalue weighted by Gasteiger charge is -2.52. The van der Waals surface area contributed by atoms with Gasteiger partial charge in [0.25, 0.3) is 0 Å². The Morgan fingerprint density at radius 3 is 2.14 bits per heavy atom. The first kappa shape index (κ1) is 17.2. The molecule has 124 valence electrons. The molecule has 21 heavy (non-hydrogen) atoms. The summed E-state index contributed by atoms with van der Waals surface area (Å²) in [4.78, 5) is 2.51. The third-order valence-corrected chi connectivity index (χ3v) is 6.52. The van der Waals surface area contributed by atoms with Gasteiger partial charge in [0, 0.05) is 24.5 Å². The van der Waals surface area contributed by atoms with Gasteiger partial charge in [-0.1, -0.05) is 13.8 Å². The van der Waals surface area contributed by atoms with Gasteiger partial charge < -0.3 is 15.7 Å². The van der Waals surface area contributed by atoms with E-state index >= 15 is 0 Å². The predicted molar refractivity (Wildman–Crippen MR) is 89.2 cm³/mol. The van der Waals surface area contributed by atoms with E-state index in [1.807, 2.05) is 0 Å². The van der Waals surface area contributed by atoms with Crippen LogP contribution in [0.3, 0.4) is 0 Å². The molecule has 0 aromatic rings. The smallest absolute Gasteiger partial charge is 0.0728 e. The minimum absolute atomic E-state index is 0.0461. The Morgan fingerprint density at radius 2 is 1.62 bits per heavy atom. The van der Waals surface area contributed by atoms with Gasteiger partial charge in [0.1, 0.15) is 0 Å². The van der Waals surface area contributed by atoms with Crippen LogP contribution in [0, 0.1) is 10.8 Å². The monoisotopic (exact) mass is 296 g/mol. The zero-order valence-electron chi connectivity index (χ0n) is 14.6. The van der Waals surface area contributed by atoms with Gasteiger partial charge in [-0.3, -0.25) is 0 Å². The maximum absolute atomic E-state index is 11.5. The molecule has 2 aliphatic rings. The van der Waals surface area contributed by atoms with Crippen LogP contribution in [0.5, 0.6) is 0 Å². The van der Waals surface area contributed by atoms with Crippen molar-refractivity contribution in [2.45, 2.75) is 84.3 Å². The summed E-state index contributed by atoms with van der Waals surface area (Å²) in [5.74, 6) is 0. The fraction of sp³-hybridized carbons (Fsp3) is 1.00. The van der Waals surface area contributed by atoms with Crippen molar-refractivity contribution >= 4 is 0 Å². The Labute approximate surface area is 131 Å². The molecule has 1 saturated carbocycles. The molecule has 0 bridgehead atoms. The zero-order chi connectivity index (χ0) is 15.7. The molecule has 1 aliphatic heterocycles. The average molecular weight is 296 g/mol. The van der Waals surface area contributed by atoms with Crippen molar-refractivity contribution in [1.29, 1.82) is 0 Å². The quantitative estimate of drug-likeness (QED) is 0.841. The Bertz CT molecular complexity index is 343. The fourth-order valence-electron chi connectivity index (χ4n) is 4.45. The number of nitrogens with zero attached hydrogens (tertiary/aromatic N) is 1. The standard InChI is InChI=1S/C18H36N2O/c1-15(2)20-12-5-6-18(21,11-13-20)17(14-19)9-7-16(3,4)8-10-17/h15,21H,5-14,19H2,1-4H3. The number of hydrogen-bond donors (Lipinski definition) is 2. The Morgan fingerprint density at radius 1 is 1.00 bits per heavy atom. The van der Waals surface area contributed by atoms with Crippen LogP contribution in [0.15, 0.2) is 0 Å². The number of rotatable bonds is 3. The van der Waals surface area contributed by atoms with E-state index in [1.54, 1.807) is 0 Å². The van der Waals surface area contributed by atoms with E-state index in [2.05, 4.69) is 32.6 Å². The Balaban J connectivity index is 2.13. The summed E-state index contributed by atoms with van der Waals surface area (Å²) < 4.78 is 0. The summed E-state index contributed by atoms with van der Waals surface area (Å²) in [7, 11) is 0. The number of nitrogens with two attached hydrogens (primary N) is 1. The van der Waals surface area contributed by atoms with E-state index in [0.717, 1.165) is 45.2 Å². The second kappa shape index (κ2) is 6.17. The van der Waals surface area contributed by atoms with Crippen molar-refractivity contribution in [1.82, 2.24) is 4.90 Å². The van der Waals surface area contributed by atoms with E-state index in [4.69, 9.17) is 5.73 Å². The first-order valence-corrected chi connectivity index (χ1v) is 8.90.